The van der Waals surface area contributed by atoms with Crippen LogP contribution in [-0.2, 0) is 4.79 Å². The summed E-state index contributed by atoms with van der Waals surface area (Å²) in [5.41, 5.74) is 0.796. The summed E-state index contributed by atoms with van der Waals surface area (Å²) in [5, 5.41) is 7.52. The molecule has 0 radical (unpaired) electrons. The van der Waals surface area contributed by atoms with Crippen LogP contribution >= 0.6 is 23.2 Å². The summed E-state index contributed by atoms with van der Waals surface area (Å²) in [6.45, 7) is 0. The molecule has 3 rings (SSSR count). The molecule has 0 saturated heterocycles. The van der Waals surface area contributed by atoms with Gasteiger partial charge in [-0.25, -0.2) is 4.79 Å². The van der Waals surface area contributed by atoms with E-state index in [4.69, 9.17) is 28.3 Å². The number of rotatable bonds is 4. The third kappa shape index (κ3) is 6.21. The number of aliphatic carboxylic acids is 1. The van der Waals surface area contributed by atoms with Gasteiger partial charge in [-0.15, -0.1) is 0 Å². The van der Waals surface area contributed by atoms with Crippen molar-refractivity contribution in [2.75, 3.05) is 0 Å². The minimum absolute atomic E-state index is 0.373. The topological polar surface area (TPSA) is 37.3 Å². The van der Waals surface area contributed by atoms with Gasteiger partial charge in [0.2, 0.25) is 0 Å². The molecule has 3 aromatic rings. The van der Waals surface area contributed by atoms with Crippen LogP contribution < -0.4 is 10.5 Å². The molecule has 0 unspecified atom stereocenters. The molecular weight excluding hydrogens is 477 g/mol. The summed E-state index contributed by atoms with van der Waals surface area (Å²) in [7, 11) is 0. The van der Waals surface area contributed by atoms with E-state index >= 15 is 0 Å². The van der Waals surface area contributed by atoms with Gasteiger partial charge in [0.15, 0.2) is 0 Å². The number of carboxylic acids is 1. The first-order chi connectivity index (χ1) is 12.6. The molecule has 0 amide bonds. The second-order valence-electron chi connectivity index (χ2n) is 5.10. The van der Waals surface area contributed by atoms with Crippen LogP contribution in [0.5, 0.6) is 0 Å². The maximum absolute atomic E-state index is 9.65. The molecule has 0 aliphatic rings. The predicted octanol–water partition coefficient (Wildman–Crippen LogP) is 3.59. The fraction of sp³-hybridized carbons (Fsp3) is 0. The van der Waals surface area contributed by atoms with Crippen molar-refractivity contribution in [1.29, 1.82) is 0 Å². The summed E-state index contributed by atoms with van der Waals surface area (Å²) in [6.07, 6.45) is 0. The number of hydrogen-bond donors (Lipinski definition) is 1. The van der Waals surface area contributed by atoms with Crippen LogP contribution in [0, 0.1) is 0 Å². The van der Waals surface area contributed by atoms with E-state index in [1.165, 1.54) is 10.5 Å². The van der Waals surface area contributed by atoms with Gasteiger partial charge in [0.05, 0.1) is 0 Å². The molecule has 0 bridgehead atoms. The molecule has 26 heavy (non-hydrogen) atoms. The van der Waals surface area contributed by atoms with Gasteiger partial charge >= 0.3 is 128 Å². The summed E-state index contributed by atoms with van der Waals surface area (Å²) in [5.74, 6) is -1.21. The first-order valence-electron chi connectivity index (χ1n) is 7.78. The van der Waals surface area contributed by atoms with Crippen LogP contribution in [0.15, 0.2) is 102 Å². The summed E-state index contributed by atoms with van der Waals surface area (Å²) < 4.78 is 4.55. The van der Waals surface area contributed by atoms with E-state index in [0.29, 0.717) is 0 Å². The fourth-order valence-electron chi connectivity index (χ4n) is 2.23. The number of benzene rings is 3. The van der Waals surface area contributed by atoms with Crippen molar-refractivity contribution in [2.24, 2.45) is 0 Å². The van der Waals surface area contributed by atoms with Gasteiger partial charge in [-0.1, -0.05) is 23.2 Å². The van der Waals surface area contributed by atoms with Crippen molar-refractivity contribution in [3.05, 3.63) is 102 Å². The van der Waals surface area contributed by atoms with E-state index < -0.39 is 26.2 Å². The Labute approximate surface area is 170 Å². The van der Waals surface area contributed by atoms with E-state index in [0.717, 1.165) is 5.54 Å². The van der Waals surface area contributed by atoms with Crippen molar-refractivity contribution in [3.63, 3.8) is 0 Å². The van der Waals surface area contributed by atoms with Crippen molar-refractivity contribution in [3.8, 4) is 0 Å². The molecule has 3 aromatic carbocycles. The van der Waals surface area contributed by atoms with Gasteiger partial charge < -0.3 is 5.11 Å². The van der Waals surface area contributed by atoms with E-state index in [2.05, 4.69) is 91.0 Å². The second-order valence-corrected chi connectivity index (χ2v) is 12.1. The van der Waals surface area contributed by atoms with Crippen molar-refractivity contribution < 1.29 is 9.90 Å². The monoisotopic (exact) mass is 492 g/mol. The average molecular weight is 494 g/mol. The van der Waals surface area contributed by atoms with Crippen molar-refractivity contribution in [1.82, 2.24) is 0 Å². The molecule has 0 saturated carbocycles. The van der Waals surface area contributed by atoms with Crippen LogP contribution in [0.1, 0.15) is 0 Å². The number of carbonyl (C=O) groups is 1. The molecule has 0 aliphatic carbocycles. The summed E-state index contributed by atoms with van der Waals surface area (Å²) >= 11 is 7.98. The summed E-state index contributed by atoms with van der Waals surface area (Å²) in [4.78, 5) is 9.65. The number of carboxylic acid groups (broad SMARTS) is 1. The van der Waals surface area contributed by atoms with Crippen molar-refractivity contribution >= 4 is 59.9 Å². The number of halogens is 2. The van der Waals surface area contributed by atoms with Gasteiger partial charge in [-0.05, 0) is 0 Å². The van der Waals surface area contributed by atoms with Crippen LogP contribution in [0.4, 0.5) is 0 Å². The van der Waals surface area contributed by atoms with Gasteiger partial charge in [0, 0.05) is 5.54 Å². The Bertz CT molecular complexity index is 744. The average Bonchev–Trinajstić information content (AvgIpc) is 2.70. The molecular formula is C21H17Cl2O2Sb. The van der Waals surface area contributed by atoms with Gasteiger partial charge in [0.25, 0.3) is 0 Å². The molecule has 0 aliphatic heterocycles. The Morgan fingerprint density at radius 2 is 1.04 bits per heavy atom. The second kappa shape index (κ2) is 11.1. The number of hydrogen-bond acceptors (Lipinski definition) is 1. The molecule has 132 valence electrons. The normalized spacial score (nSPS) is 10.8. The molecule has 1 N–H and O–H groups in total. The third-order valence-electron chi connectivity index (χ3n) is 3.34. The van der Waals surface area contributed by atoms with Crippen LogP contribution in [0.3, 0.4) is 0 Å². The minimum atomic E-state index is -1.83. The zero-order valence-corrected chi connectivity index (χ0v) is 17.9. The zero-order valence-electron chi connectivity index (χ0n) is 13.8. The quantitative estimate of drug-likeness (QED) is 0.445. The summed E-state index contributed by atoms with van der Waals surface area (Å²) in [6, 6.07) is 32.9. The first kappa shape index (κ1) is 20.6. The van der Waals surface area contributed by atoms with Crippen molar-refractivity contribution in [2.45, 2.75) is 0 Å². The molecule has 0 fully saturated rings. The van der Waals surface area contributed by atoms with Gasteiger partial charge in [0.1, 0.15) is 5.03 Å². The Morgan fingerprint density at radius 3 is 1.23 bits per heavy atom. The Balaban J connectivity index is 0.000000298. The van der Waals surface area contributed by atoms with Gasteiger partial charge in [-0.3, -0.25) is 0 Å². The van der Waals surface area contributed by atoms with E-state index in [1.807, 2.05) is 0 Å². The fourth-order valence-corrected chi connectivity index (χ4v) is 8.90. The van der Waals surface area contributed by atoms with Gasteiger partial charge in [-0.2, -0.15) is 0 Å². The van der Waals surface area contributed by atoms with Crippen LogP contribution in [0.2, 0.25) is 0 Å². The Morgan fingerprint density at radius 1 is 0.731 bits per heavy atom. The molecule has 0 heterocycles. The maximum atomic E-state index is 9.65. The molecule has 0 spiro atoms. The standard InChI is InChI=1S/3C6H5.C3H2Cl2O2.Sb/c3*1-2-4-6-5-3-1;4-1-2(5)3(6)7;/h3*1-5H;1H,(H,6,7);. The molecule has 2 nitrogen and oxygen atoms in total. The van der Waals surface area contributed by atoms with E-state index in [-0.39, 0.29) is 5.03 Å². The molecule has 0 atom stereocenters. The third-order valence-corrected chi connectivity index (χ3v) is 10.9. The molecule has 0 aromatic heterocycles. The Kier molecular flexibility index (Phi) is 8.77. The van der Waals surface area contributed by atoms with E-state index in [9.17, 15) is 4.79 Å². The van der Waals surface area contributed by atoms with E-state index in [1.54, 1.807) is 0 Å². The predicted molar refractivity (Wildman–Crippen MR) is 111 cm³/mol. The van der Waals surface area contributed by atoms with Crippen LogP contribution in [-0.4, -0.2) is 31.3 Å². The SMILES string of the molecule is O=C(O)C(Cl)=CCl.c1cc[c]([Sb]([c]2ccccc2)[c]2ccccc2)cc1. The first-order valence-corrected chi connectivity index (χ1v) is 12.4. The molecule has 5 heteroatoms. The zero-order chi connectivity index (χ0) is 18.8. The Hall–Kier alpha value is -1.73. The van der Waals surface area contributed by atoms with Crippen LogP contribution in [0.25, 0.3) is 0 Å².